The number of rotatable bonds is 6. The fourth-order valence-electron chi connectivity index (χ4n) is 3.69. The van der Waals surface area contributed by atoms with Crippen molar-refractivity contribution in [3.63, 3.8) is 0 Å². The third-order valence-electron chi connectivity index (χ3n) is 5.57. The second-order valence-corrected chi connectivity index (χ2v) is 7.72. The van der Waals surface area contributed by atoms with Gasteiger partial charge in [-0.1, -0.05) is 5.16 Å². The van der Waals surface area contributed by atoms with Crippen LogP contribution in [-0.4, -0.2) is 37.9 Å². The van der Waals surface area contributed by atoms with Crippen molar-refractivity contribution >= 4 is 5.82 Å². The molecule has 0 bridgehead atoms. The Hall–Kier alpha value is -2.02. The van der Waals surface area contributed by atoms with Crippen molar-refractivity contribution in [2.45, 2.75) is 62.4 Å². The first-order valence-corrected chi connectivity index (χ1v) is 9.34. The maximum absolute atomic E-state index is 10.4. The molecule has 0 spiro atoms. The van der Waals surface area contributed by atoms with Crippen molar-refractivity contribution in [1.82, 2.24) is 20.1 Å². The highest BCUT2D eigenvalue weighted by atomic mass is 16.5. The van der Waals surface area contributed by atoms with Gasteiger partial charge >= 0.3 is 0 Å². The van der Waals surface area contributed by atoms with Gasteiger partial charge in [0.2, 0.25) is 5.89 Å². The van der Waals surface area contributed by atoms with Crippen molar-refractivity contribution in [2.75, 3.05) is 11.9 Å². The van der Waals surface area contributed by atoms with Crippen molar-refractivity contribution in [2.24, 2.45) is 5.92 Å². The van der Waals surface area contributed by atoms with Crippen LogP contribution >= 0.6 is 0 Å². The molecule has 25 heavy (non-hydrogen) atoms. The Labute approximate surface area is 146 Å². The van der Waals surface area contributed by atoms with Crippen LogP contribution < -0.4 is 5.32 Å². The van der Waals surface area contributed by atoms with Crippen LogP contribution in [0.5, 0.6) is 0 Å². The molecule has 3 atom stereocenters. The zero-order chi connectivity index (χ0) is 16.8. The molecular weight excluding hydrogens is 318 g/mol. The van der Waals surface area contributed by atoms with E-state index >= 15 is 0 Å². The Balaban J connectivity index is 1.20. The van der Waals surface area contributed by atoms with Gasteiger partial charge in [0.05, 0.1) is 6.10 Å². The summed E-state index contributed by atoms with van der Waals surface area (Å²) in [5.74, 6) is 4.70. The molecule has 2 heterocycles. The van der Waals surface area contributed by atoms with Crippen LogP contribution in [0, 0.1) is 5.92 Å². The average molecular weight is 341 g/mol. The van der Waals surface area contributed by atoms with Crippen molar-refractivity contribution in [3.8, 4) is 0 Å². The van der Waals surface area contributed by atoms with E-state index in [4.69, 9.17) is 4.52 Å². The van der Waals surface area contributed by atoms with E-state index in [2.05, 4.69) is 25.4 Å². The summed E-state index contributed by atoms with van der Waals surface area (Å²) >= 11 is 0. The lowest BCUT2D eigenvalue weighted by atomic mass is 10.0. The molecule has 0 radical (unpaired) electrons. The summed E-state index contributed by atoms with van der Waals surface area (Å²) in [7, 11) is 0. The van der Waals surface area contributed by atoms with Crippen LogP contribution in [0.2, 0.25) is 0 Å². The number of nitrogens with zero attached hydrogens (tertiary/aromatic N) is 4. The van der Waals surface area contributed by atoms with Crippen molar-refractivity contribution in [1.29, 1.82) is 0 Å². The SMILES string of the molecule is O[C@@H]1C[C@@H](c2nc(C3CC3)no2)C[C@@H]1CNc1ccnc(C2CC2)n1. The van der Waals surface area contributed by atoms with Gasteiger partial charge in [0.25, 0.3) is 0 Å². The molecule has 0 unspecified atom stereocenters. The molecule has 2 aromatic rings. The molecule has 7 heteroatoms. The van der Waals surface area contributed by atoms with E-state index < -0.39 is 0 Å². The first kappa shape index (κ1) is 15.3. The Morgan fingerprint density at radius 2 is 1.84 bits per heavy atom. The van der Waals surface area contributed by atoms with Gasteiger partial charge in [-0.3, -0.25) is 0 Å². The molecule has 0 amide bonds. The van der Waals surface area contributed by atoms with Crippen LogP contribution in [0.1, 0.15) is 73.8 Å². The molecule has 3 fully saturated rings. The number of aliphatic hydroxyl groups is 1. The van der Waals surface area contributed by atoms with Crippen LogP contribution in [-0.2, 0) is 0 Å². The quantitative estimate of drug-likeness (QED) is 0.833. The number of hydrogen-bond acceptors (Lipinski definition) is 7. The standard InChI is InChI=1S/C18H23N5O2/c24-14-8-12(18-22-17(23-25-18)11-3-4-11)7-13(14)9-20-15-5-6-19-16(21-15)10-1-2-10/h5-6,10-14,24H,1-4,7-9H2,(H,19,20,21)/t12-,13+,14+/m0/s1. The van der Waals surface area contributed by atoms with E-state index in [9.17, 15) is 5.11 Å². The second kappa shape index (κ2) is 6.05. The molecular formula is C18H23N5O2. The number of aromatic nitrogens is 4. The zero-order valence-electron chi connectivity index (χ0n) is 14.1. The van der Waals surface area contributed by atoms with E-state index in [1.807, 2.05) is 12.3 Å². The summed E-state index contributed by atoms with van der Waals surface area (Å²) in [4.78, 5) is 13.5. The first-order valence-electron chi connectivity index (χ1n) is 9.34. The van der Waals surface area contributed by atoms with E-state index in [-0.39, 0.29) is 17.9 Å². The Morgan fingerprint density at radius 1 is 1.04 bits per heavy atom. The van der Waals surface area contributed by atoms with Gasteiger partial charge < -0.3 is 14.9 Å². The van der Waals surface area contributed by atoms with Gasteiger partial charge in [0, 0.05) is 36.4 Å². The van der Waals surface area contributed by atoms with E-state index in [0.29, 0.717) is 30.7 Å². The molecule has 132 valence electrons. The van der Waals surface area contributed by atoms with Crippen LogP contribution in [0.3, 0.4) is 0 Å². The summed E-state index contributed by atoms with van der Waals surface area (Å²) in [5.41, 5.74) is 0. The van der Waals surface area contributed by atoms with E-state index in [1.165, 1.54) is 25.7 Å². The Morgan fingerprint density at radius 3 is 2.64 bits per heavy atom. The molecule has 5 rings (SSSR count). The lowest BCUT2D eigenvalue weighted by molar-refractivity contribution is 0.137. The topological polar surface area (TPSA) is 97.0 Å². The largest absolute Gasteiger partial charge is 0.393 e. The van der Waals surface area contributed by atoms with Crippen molar-refractivity contribution in [3.05, 3.63) is 29.8 Å². The first-order chi connectivity index (χ1) is 12.3. The smallest absolute Gasteiger partial charge is 0.229 e. The number of aliphatic hydroxyl groups excluding tert-OH is 1. The zero-order valence-corrected chi connectivity index (χ0v) is 14.1. The molecule has 3 aliphatic rings. The van der Waals surface area contributed by atoms with Gasteiger partial charge in [-0.05, 0) is 44.6 Å². The lowest BCUT2D eigenvalue weighted by Crippen LogP contribution is -2.22. The fourth-order valence-corrected chi connectivity index (χ4v) is 3.69. The number of hydrogen-bond donors (Lipinski definition) is 2. The summed E-state index contributed by atoms with van der Waals surface area (Å²) < 4.78 is 5.45. The van der Waals surface area contributed by atoms with E-state index in [1.54, 1.807) is 0 Å². The van der Waals surface area contributed by atoms with Crippen molar-refractivity contribution < 1.29 is 9.63 Å². The van der Waals surface area contributed by atoms with Crippen LogP contribution in [0.25, 0.3) is 0 Å². The van der Waals surface area contributed by atoms with Gasteiger partial charge in [0.15, 0.2) is 5.82 Å². The normalized spacial score (nSPS) is 29.1. The molecule has 0 saturated heterocycles. The number of nitrogens with one attached hydrogen (secondary N) is 1. The highest BCUT2D eigenvalue weighted by molar-refractivity contribution is 5.34. The predicted molar refractivity (Wildman–Crippen MR) is 90.2 cm³/mol. The minimum Gasteiger partial charge on any atom is -0.393 e. The predicted octanol–water partition coefficient (Wildman–Crippen LogP) is 2.58. The maximum Gasteiger partial charge on any atom is 0.229 e. The van der Waals surface area contributed by atoms with E-state index in [0.717, 1.165) is 23.9 Å². The molecule has 3 aliphatic carbocycles. The monoisotopic (exact) mass is 341 g/mol. The minimum atomic E-state index is -0.349. The summed E-state index contributed by atoms with van der Waals surface area (Å²) in [6, 6.07) is 1.89. The molecule has 0 aromatic carbocycles. The minimum absolute atomic E-state index is 0.161. The average Bonchev–Trinajstić information content (AvgIpc) is 3.56. The van der Waals surface area contributed by atoms with Crippen LogP contribution in [0.4, 0.5) is 5.82 Å². The highest BCUT2D eigenvalue weighted by Crippen LogP contribution is 2.42. The molecule has 2 aromatic heterocycles. The Bertz CT molecular complexity index is 755. The molecule has 0 aliphatic heterocycles. The number of anilines is 1. The molecule has 7 nitrogen and oxygen atoms in total. The van der Waals surface area contributed by atoms with Gasteiger partial charge in [-0.15, -0.1) is 0 Å². The lowest BCUT2D eigenvalue weighted by Gasteiger charge is -2.15. The third-order valence-corrected chi connectivity index (χ3v) is 5.57. The van der Waals surface area contributed by atoms with Gasteiger partial charge in [-0.25, -0.2) is 9.97 Å². The third kappa shape index (κ3) is 3.25. The maximum atomic E-state index is 10.4. The van der Waals surface area contributed by atoms with Gasteiger partial charge in [-0.2, -0.15) is 4.98 Å². The summed E-state index contributed by atoms with van der Waals surface area (Å²) in [6.45, 7) is 0.697. The second-order valence-electron chi connectivity index (χ2n) is 7.72. The molecule has 2 N–H and O–H groups in total. The summed E-state index contributed by atoms with van der Waals surface area (Å²) in [6.07, 6.45) is 7.74. The summed E-state index contributed by atoms with van der Waals surface area (Å²) in [5, 5.41) is 17.9. The van der Waals surface area contributed by atoms with Crippen LogP contribution in [0.15, 0.2) is 16.8 Å². The Kier molecular flexibility index (Phi) is 3.69. The van der Waals surface area contributed by atoms with Gasteiger partial charge in [0.1, 0.15) is 11.6 Å². The highest BCUT2D eigenvalue weighted by Gasteiger charge is 2.38. The fraction of sp³-hybridized carbons (Fsp3) is 0.667. The molecule has 3 saturated carbocycles.